The van der Waals surface area contributed by atoms with E-state index < -0.39 is 0 Å². The van der Waals surface area contributed by atoms with Gasteiger partial charge in [-0.3, -0.25) is 9.69 Å². The van der Waals surface area contributed by atoms with Gasteiger partial charge in [0.2, 0.25) is 5.91 Å². The van der Waals surface area contributed by atoms with E-state index >= 15 is 0 Å². The molecule has 1 saturated heterocycles. The van der Waals surface area contributed by atoms with Crippen LogP contribution in [0.2, 0.25) is 0 Å². The molecule has 0 N–H and O–H groups in total. The van der Waals surface area contributed by atoms with Gasteiger partial charge in [0.05, 0.1) is 0 Å². The minimum absolute atomic E-state index is 0.111. The van der Waals surface area contributed by atoms with E-state index in [0.29, 0.717) is 12.5 Å². The molecule has 0 saturated carbocycles. The molecule has 0 radical (unpaired) electrons. The maximum absolute atomic E-state index is 11.3. The molecule has 0 aromatic rings. The van der Waals surface area contributed by atoms with Gasteiger partial charge in [0.1, 0.15) is 6.54 Å². The highest BCUT2D eigenvalue weighted by molar-refractivity contribution is 6.01. The molecule has 0 unspecified atom stereocenters. The molecule has 0 aromatic carbocycles. The van der Waals surface area contributed by atoms with Crippen LogP contribution < -0.4 is 0 Å². The molecule has 0 aromatic heterocycles. The average Bonchev–Trinajstić information content (AvgIpc) is 2.17. The Morgan fingerprint density at radius 2 is 2.00 bits per heavy atom. The van der Waals surface area contributed by atoms with Crippen LogP contribution in [0.1, 0.15) is 13.8 Å². The second-order valence-electron chi connectivity index (χ2n) is 3.51. The molecule has 1 rings (SSSR count). The van der Waals surface area contributed by atoms with Gasteiger partial charge in [0.25, 0.3) is 0 Å². The summed E-state index contributed by atoms with van der Waals surface area (Å²) in [4.78, 5) is 25.1. The Hall–Kier alpha value is -1.06. The Labute approximate surface area is 72.1 Å². The highest BCUT2D eigenvalue weighted by atomic mass is 16.2. The van der Waals surface area contributed by atoms with Gasteiger partial charge in [0, 0.05) is 13.6 Å². The molecule has 0 atom stereocenters. The second-order valence-corrected chi connectivity index (χ2v) is 3.51. The normalized spacial score (nSPS) is 18.3. The average molecular weight is 170 g/mol. The maximum atomic E-state index is 11.3. The van der Waals surface area contributed by atoms with E-state index in [9.17, 15) is 9.59 Å². The molecule has 3 amide bonds. The van der Waals surface area contributed by atoms with Crippen LogP contribution in [-0.2, 0) is 4.79 Å². The van der Waals surface area contributed by atoms with Gasteiger partial charge in [-0.05, 0) is 5.92 Å². The third kappa shape index (κ3) is 1.57. The van der Waals surface area contributed by atoms with Gasteiger partial charge in [-0.1, -0.05) is 13.8 Å². The van der Waals surface area contributed by atoms with Crippen molar-refractivity contribution in [2.45, 2.75) is 13.8 Å². The van der Waals surface area contributed by atoms with E-state index in [-0.39, 0.29) is 18.5 Å². The fourth-order valence-electron chi connectivity index (χ4n) is 1.24. The molecule has 1 fully saturated rings. The lowest BCUT2D eigenvalue weighted by molar-refractivity contribution is -0.124. The van der Waals surface area contributed by atoms with Crippen molar-refractivity contribution in [1.82, 2.24) is 9.80 Å². The first-order chi connectivity index (χ1) is 5.52. The van der Waals surface area contributed by atoms with Crippen LogP contribution in [0.4, 0.5) is 4.79 Å². The molecular weight excluding hydrogens is 156 g/mol. The number of carbonyl (C=O) groups excluding carboxylic acids is 2. The molecule has 1 heterocycles. The summed E-state index contributed by atoms with van der Waals surface area (Å²) < 4.78 is 0. The monoisotopic (exact) mass is 170 g/mol. The van der Waals surface area contributed by atoms with E-state index in [1.807, 2.05) is 13.8 Å². The lowest BCUT2D eigenvalue weighted by Gasteiger charge is -2.16. The van der Waals surface area contributed by atoms with Gasteiger partial charge in [-0.15, -0.1) is 0 Å². The topological polar surface area (TPSA) is 40.6 Å². The Kier molecular flexibility index (Phi) is 2.35. The number of likely N-dealkylation sites (N-methyl/N-ethyl adjacent to an activating group) is 1. The molecule has 0 aliphatic carbocycles. The largest absolute Gasteiger partial charge is 0.326 e. The number of imide groups is 1. The Bertz CT molecular complexity index is 213. The molecular formula is C8H14N2O2. The number of nitrogens with zero attached hydrogens (tertiary/aromatic N) is 2. The van der Waals surface area contributed by atoms with Gasteiger partial charge in [0.15, 0.2) is 0 Å². The summed E-state index contributed by atoms with van der Waals surface area (Å²) >= 11 is 0. The molecule has 4 heteroatoms. The third-order valence-electron chi connectivity index (χ3n) is 1.84. The van der Waals surface area contributed by atoms with E-state index in [1.54, 1.807) is 4.90 Å². The number of urea groups is 1. The summed E-state index contributed by atoms with van der Waals surface area (Å²) in [5.41, 5.74) is 0. The zero-order valence-corrected chi connectivity index (χ0v) is 7.70. The molecule has 1 aliphatic heterocycles. The summed E-state index contributed by atoms with van der Waals surface area (Å²) in [5, 5.41) is 0. The quantitative estimate of drug-likeness (QED) is 0.567. The molecule has 1 aliphatic rings. The first kappa shape index (κ1) is 9.03. The van der Waals surface area contributed by atoms with Crippen molar-refractivity contribution in [2.75, 3.05) is 20.1 Å². The highest BCUT2D eigenvalue weighted by Crippen LogP contribution is 2.09. The SMILES string of the molecule is CC(C)CN1CC(=O)N(C)C1=O. The van der Waals surface area contributed by atoms with Crippen LogP contribution in [0.15, 0.2) is 0 Å². The van der Waals surface area contributed by atoms with Gasteiger partial charge < -0.3 is 4.90 Å². The lowest BCUT2D eigenvalue weighted by atomic mass is 10.2. The van der Waals surface area contributed by atoms with E-state index in [2.05, 4.69) is 0 Å². The summed E-state index contributed by atoms with van der Waals surface area (Å²) in [6.45, 7) is 4.95. The van der Waals surface area contributed by atoms with Crippen molar-refractivity contribution in [2.24, 2.45) is 5.92 Å². The molecule has 0 spiro atoms. The zero-order valence-electron chi connectivity index (χ0n) is 7.70. The van der Waals surface area contributed by atoms with E-state index in [0.717, 1.165) is 0 Å². The predicted molar refractivity (Wildman–Crippen MR) is 44.6 cm³/mol. The highest BCUT2D eigenvalue weighted by Gasteiger charge is 2.32. The van der Waals surface area contributed by atoms with Crippen LogP contribution in [0.5, 0.6) is 0 Å². The molecule has 0 bridgehead atoms. The van der Waals surface area contributed by atoms with E-state index in [1.165, 1.54) is 11.9 Å². The number of amides is 3. The van der Waals surface area contributed by atoms with Gasteiger partial charge >= 0.3 is 6.03 Å². The summed E-state index contributed by atoms with van der Waals surface area (Å²) in [7, 11) is 1.52. The zero-order chi connectivity index (χ0) is 9.30. The first-order valence-electron chi connectivity index (χ1n) is 4.08. The fourth-order valence-corrected chi connectivity index (χ4v) is 1.24. The second kappa shape index (κ2) is 3.13. The van der Waals surface area contributed by atoms with Crippen molar-refractivity contribution < 1.29 is 9.59 Å². The Morgan fingerprint density at radius 3 is 2.33 bits per heavy atom. The van der Waals surface area contributed by atoms with Crippen molar-refractivity contribution in [1.29, 1.82) is 0 Å². The minimum atomic E-state index is -0.172. The van der Waals surface area contributed by atoms with Crippen molar-refractivity contribution in [3.63, 3.8) is 0 Å². The smallest absolute Gasteiger partial charge is 0.315 e. The molecule has 12 heavy (non-hydrogen) atoms. The Balaban J connectivity index is 2.59. The third-order valence-corrected chi connectivity index (χ3v) is 1.84. The maximum Gasteiger partial charge on any atom is 0.326 e. The van der Waals surface area contributed by atoms with Gasteiger partial charge in [-0.2, -0.15) is 0 Å². The summed E-state index contributed by atoms with van der Waals surface area (Å²) in [6.07, 6.45) is 0. The van der Waals surface area contributed by atoms with Crippen LogP contribution in [-0.4, -0.2) is 41.9 Å². The first-order valence-corrected chi connectivity index (χ1v) is 4.08. The Morgan fingerprint density at radius 1 is 1.42 bits per heavy atom. The predicted octanol–water partition coefficient (Wildman–Crippen LogP) is 0.536. The fraction of sp³-hybridized carbons (Fsp3) is 0.750. The van der Waals surface area contributed by atoms with Crippen molar-refractivity contribution in [3.05, 3.63) is 0 Å². The standard InChI is InChI=1S/C8H14N2O2/c1-6(2)4-10-5-7(11)9(3)8(10)12/h6H,4-5H2,1-3H3. The summed E-state index contributed by atoms with van der Waals surface area (Å²) in [5.74, 6) is 0.300. The number of hydrogen-bond acceptors (Lipinski definition) is 2. The number of carbonyl (C=O) groups is 2. The minimum Gasteiger partial charge on any atom is -0.315 e. The molecule has 4 nitrogen and oxygen atoms in total. The van der Waals surface area contributed by atoms with Crippen LogP contribution in [0, 0.1) is 5.92 Å². The van der Waals surface area contributed by atoms with Crippen molar-refractivity contribution >= 4 is 11.9 Å². The summed E-state index contributed by atoms with van der Waals surface area (Å²) in [6, 6.07) is -0.172. The van der Waals surface area contributed by atoms with E-state index in [4.69, 9.17) is 0 Å². The number of hydrogen-bond donors (Lipinski definition) is 0. The lowest BCUT2D eigenvalue weighted by Crippen LogP contribution is -2.32. The van der Waals surface area contributed by atoms with Crippen LogP contribution >= 0.6 is 0 Å². The van der Waals surface area contributed by atoms with Crippen molar-refractivity contribution in [3.8, 4) is 0 Å². The number of rotatable bonds is 2. The van der Waals surface area contributed by atoms with Crippen LogP contribution in [0.3, 0.4) is 0 Å². The van der Waals surface area contributed by atoms with Gasteiger partial charge in [-0.25, -0.2) is 4.79 Å². The molecule has 68 valence electrons. The van der Waals surface area contributed by atoms with Crippen LogP contribution in [0.25, 0.3) is 0 Å².